The van der Waals surface area contributed by atoms with E-state index in [2.05, 4.69) is 45.6 Å². The standard InChI is InChI=1S/C22H26N4/c1-15-5-7-17(14-23-15)9-13-26-19-10-12-25-11-3-4-18(25)21(19)22-20(26)8-6-16(2)24-22/h5-8,14,18H,3-4,9-13H2,1-2H3. The number of fused-ring (bicyclic) bond motifs is 5. The third-order valence-electron chi connectivity index (χ3n) is 6.13. The lowest BCUT2D eigenvalue weighted by Gasteiger charge is -2.30. The summed E-state index contributed by atoms with van der Waals surface area (Å²) in [5.41, 5.74) is 9.13. The van der Waals surface area contributed by atoms with E-state index in [1.165, 1.54) is 53.8 Å². The zero-order chi connectivity index (χ0) is 17.7. The van der Waals surface area contributed by atoms with E-state index in [-0.39, 0.29) is 0 Å². The van der Waals surface area contributed by atoms with E-state index >= 15 is 0 Å². The van der Waals surface area contributed by atoms with Crippen LogP contribution in [0, 0.1) is 13.8 Å². The molecule has 0 aliphatic carbocycles. The topological polar surface area (TPSA) is 34.0 Å². The Labute approximate surface area is 154 Å². The van der Waals surface area contributed by atoms with Gasteiger partial charge in [-0.2, -0.15) is 0 Å². The van der Waals surface area contributed by atoms with E-state index in [9.17, 15) is 0 Å². The van der Waals surface area contributed by atoms with Crippen LogP contribution in [-0.2, 0) is 19.4 Å². The number of nitrogens with zero attached hydrogens (tertiary/aromatic N) is 4. The number of pyridine rings is 2. The minimum Gasteiger partial charge on any atom is -0.343 e. The predicted octanol–water partition coefficient (Wildman–Crippen LogP) is 3.98. The Morgan fingerprint density at radius 2 is 1.96 bits per heavy atom. The molecule has 0 bridgehead atoms. The minimum atomic E-state index is 0.581. The van der Waals surface area contributed by atoms with Gasteiger partial charge in [0.15, 0.2) is 0 Å². The van der Waals surface area contributed by atoms with Gasteiger partial charge in [0, 0.05) is 54.4 Å². The van der Waals surface area contributed by atoms with Crippen molar-refractivity contribution in [3.8, 4) is 0 Å². The average molecular weight is 346 g/mol. The fourth-order valence-corrected chi connectivity index (χ4v) is 4.83. The summed E-state index contributed by atoms with van der Waals surface area (Å²) in [6, 6.07) is 9.34. The first-order chi connectivity index (χ1) is 12.7. The SMILES string of the molecule is Cc1ccc(CCn2c3c(c4nc(C)ccc42)C2CCCN2CC3)cn1. The van der Waals surface area contributed by atoms with Gasteiger partial charge in [-0.25, -0.2) is 0 Å². The minimum absolute atomic E-state index is 0.581. The highest BCUT2D eigenvalue weighted by Crippen LogP contribution is 2.42. The lowest BCUT2D eigenvalue weighted by atomic mass is 9.98. The van der Waals surface area contributed by atoms with Crippen LogP contribution in [0.1, 0.15) is 47.1 Å². The molecule has 1 fully saturated rings. The second-order valence-corrected chi connectivity index (χ2v) is 7.83. The van der Waals surface area contributed by atoms with Gasteiger partial charge in [-0.3, -0.25) is 14.9 Å². The van der Waals surface area contributed by atoms with Crippen LogP contribution in [-0.4, -0.2) is 32.5 Å². The Morgan fingerprint density at radius 3 is 2.81 bits per heavy atom. The van der Waals surface area contributed by atoms with Crippen LogP contribution in [0.4, 0.5) is 0 Å². The Kier molecular flexibility index (Phi) is 3.82. The number of rotatable bonds is 3. The summed E-state index contributed by atoms with van der Waals surface area (Å²) in [6.07, 6.45) is 6.79. The van der Waals surface area contributed by atoms with Crippen LogP contribution in [0.3, 0.4) is 0 Å². The summed E-state index contributed by atoms with van der Waals surface area (Å²) in [5.74, 6) is 0. The van der Waals surface area contributed by atoms with Crippen LogP contribution < -0.4 is 0 Å². The van der Waals surface area contributed by atoms with E-state index in [1.807, 2.05) is 13.1 Å². The maximum Gasteiger partial charge on any atom is 0.0934 e. The van der Waals surface area contributed by atoms with Crippen LogP contribution >= 0.6 is 0 Å². The fourth-order valence-electron chi connectivity index (χ4n) is 4.83. The first-order valence-electron chi connectivity index (χ1n) is 9.85. The van der Waals surface area contributed by atoms with Crippen molar-refractivity contribution < 1.29 is 0 Å². The molecule has 5 rings (SSSR count). The molecule has 0 saturated carbocycles. The van der Waals surface area contributed by atoms with Crippen molar-refractivity contribution in [3.05, 3.63) is 58.7 Å². The summed E-state index contributed by atoms with van der Waals surface area (Å²) in [7, 11) is 0. The van der Waals surface area contributed by atoms with E-state index in [0.717, 1.165) is 30.8 Å². The molecule has 5 heterocycles. The van der Waals surface area contributed by atoms with Crippen molar-refractivity contribution >= 4 is 11.0 Å². The van der Waals surface area contributed by atoms with E-state index in [1.54, 1.807) is 0 Å². The molecule has 0 N–H and O–H groups in total. The third kappa shape index (κ3) is 2.55. The zero-order valence-corrected chi connectivity index (χ0v) is 15.7. The molecule has 1 atom stereocenters. The second-order valence-electron chi connectivity index (χ2n) is 7.83. The summed E-state index contributed by atoms with van der Waals surface area (Å²) in [5, 5.41) is 0. The lowest BCUT2D eigenvalue weighted by Crippen LogP contribution is -2.31. The smallest absolute Gasteiger partial charge is 0.0934 e. The molecular weight excluding hydrogens is 320 g/mol. The maximum atomic E-state index is 4.98. The van der Waals surface area contributed by atoms with Crippen molar-refractivity contribution in [2.75, 3.05) is 13.1 Å². The van der Waals surface area contributed by atoms with Gasteiger partial charge in [0.25, 0.3) is 0 Å². The second kappa shape index (κ2) is 6.20. The Hall–Kier alpha value is -2.20. The Morgan fingerprint density at radius 1 is 1.08 bits per heavy atom. The van der Waals surface area contributed by atoms with Gasteiger partial charge in [0.1, 0.15) is 0 Å². The van der Waals surface area contributed by atoms with E-state index in [4.69, 9.17) is 4.98 Å². The van der Waals surface area contributed by atoms with E-state index in [0.29, 0.717) is 6.04 Å². The molecule has 3 aromatic rings. The van der Waals surface area contributed by atoms with Crippen LogP contribution in [0.2, 0.25) is 0 Å². The van der Waals surface area contributed by atoms with Gasteiger partial charge in [-0.05, 0) is 63.4 Å². The van der Waals surface area contributed by atoms with Gasteiger partial charge in [0.2, 0.25) is 0 Å². The van der Waals surface area contributed by atoms with Crippen molar-refractivity contribution in [2.45, 2.75) is 52.1 Å². The molecule has 2 aliphatic rings. The van der Waals surface area contributed by atoms with Crippen molar-refractivity contribution in [3.63, 3.8) is 0 Å². The maximum absolute atomic E-state index is 4.98. The van der Waals surface area contributed by atoms with Gasteiger partial charge >= 0.3 is 0 Å². The van der Waals surface area contributed by atoms with E-state index < -0.39 is 0 Å². The molecule has 1 saturated heterocycles. The number of aromatic nitrogens is 3. The van der Waals surface area contributed by atoms with Gasteiger partial charge < -0.3 is 4.57 Å². The molecule has 0 amide bonds. The van der Waals surface area contributed by atoms with Crippen LogP contribution in [0.25, 0.3) is 11.0 Å². The first-order valence-corrected chi connectivity index (χ1v) is 9.85. The van der Waals surface area contributed by atoms with Crippen LogP contribution in [0.5, 0.6) is 0 Å². The number of aryl methyl sites for hydroxylation is 4. The fraction of sp³-hybridized carbons (Fsp3) is 0.455. The Bertz CT molecular complexity index is 954. The van der Waals surface area contributed by atoms with Gasteiger partial charge in [-0.15, -0.1) is 0 Å². The quantitative estimate of drug-likeness (QED) is 0.719. The van der Waals surface area contributed by atoms with Crippen molar-refractivity contribution in [1.82, 2.24) is 19.4 Å². The molecule has 134 valence electrons. The highest BCUT2D eigenvalue weighted by Gasteiger charge is 2.35. The van der Waals surface area contributed by atoms with Crippen molar-refractivity contribution in [1.29, 1.82) is 0 Å². The third-order valence-corrected chi connectivity index (χ3v) is 6.13. The molecule has 3 aromatic heterocycles. The summed E-state index contributed by atoms with van der Waals surface area (Å²) in [6.45, 7) is 7.60. The summed E-state index contributed by atoms with van der Waals surface area (Å²) in [4.78, 5) is 12.1. The molecule has 4 nitrogen and oxygen atoms in total. The zero-order valence-electron chi connectivity index (χ0n) is 15.7. The predicted molar refractivity (Wildman–Crippen MR) is 104 cm³/mol. The average Bonchev–Trinajstić information content (AvgIpc) is 3.23. The first kappa shape index (κ1) is 16.0. The molecule has 26 heavy (non-hydrogen) atoms. The molecule has 2 aliphatic heterocycles. The lowest BCUT2D eigenvalue weighted by molar-refractivity contribution is 0.241. The number of hydrogen-bond acceptors (Lipinski definition) is 3. The summed E-state index contributed by atoms with van der Waals surface area (Å²) >= 11 is 0. The monoisotopic (exact) mass is 346 g/mol. The molecule has 0 radical (unpaired) electrons. The number of hydrogen-bond donors (Lipinski definition) is 0. The molecular formula is C22H26N4. The Balaban J connectivity index is 1.57. The molecule has 0 aromatic carbocycles. The molecule has 0 spiro atoms. The molecule has 4 heteroatoms. The highest BCUT2D eigenvalue weighted by molar-refractivity contribution is 5.83. The normalized spacial score (nSPS) is 19.7. The largest absolute Gasteiger partial charge is 0.343 e. The molecule has 1 unspecified atom stereocenters. The summed E-state index contributed by atoms with van der Waals surface area (Å²) < 4.78 is 2.55. The van der Waals surface area contributed by atoms with Gasteiger partial charge in [-0.1, -0.05) is 6.07 Å². The van der Waals surface area contributed by atoms with Gasteiger partial charge in [0.05, 0.1) is 11.0 Å². The van der Waals surface area contributed by atoms with Crippen LogP contribution in [0.15, 0.2) is 30.5 Å². The highest BCUT2D eigenvalue weighted by atomic mass is 15.2. The van der Waals surface area contributed by atoms with Crippen molar-refractivity contribution in [2.24, 2.45) is 0 Å².